The molecule has 2 rings (SSSR count). The normalized spacial score (nSPS) is 10.7. The van der Waals surface area contributed by atoms with E-state index in [1.807, 2.05) is 19.1 Å². The fourth-order valence-corrected chi connectivity index (χ4v) is 2.16. The number of furan rings is 1. The third-order valence-corrected chi connectivity index (χ3v) is 3.00. The highest BCUT2D eigenvalue weighted by molar-refractivity contribution is 7.07. The van der Waals surface area contributed by atoms with Gasteiger partial charge in [-0.2, -0.15) is 11.3 Å². The van der Waals surface area contributed by atoms with Crippen molar-refractivity contribution in [2.45, 2.75) is 19.9 Å². The van der Waals surface area contributed by atoms with E-state index in [2.05, 4.69) is 22.1 Å². The van der Waals surface area contributed by atoms with Crippen LogP contribution in [-0.4, -0.2) is 6.54 Å². The fourth-order valence-electron chi connectivity index (χ4n) is 1.46. The van der Waals surface area contributed by atoms with Crippen molar-refractivity contribution in [3.63, 3.8) is 0 Å². The van der Waals surface area contributed by atoms with Gasteiger partial charge in [0.1, 0.15) is 11.5 Å². The molecular formula is C12H15NOS. The molecule has 2 nitrogen and oxygen atoms in total. The van der Waals surface area contributed by atoms with Crippen LogP contribution in [0.25, 0.3) is 0 Å². The molecular weight excluding hydrogens is 206 g/mol. The predicted molar refractivity (Wildman–Crippen MR) is 63.2 cm³/mol. The Kier molecular flexibility index (Phi) is 3.59. The first-order valence-corrected chi connectivity index (χ1v) is 6.06. The Morgan fingerprint density at radius 3 is 2.93 bits per heavy atom. The van der Waals surface area contributed by atoms with Gasteiger partial charge in [-0.1, -0.05) is 0 Å². The van der Waals surface area contributed by atoms with Gasteiger partial charge in [-0.3, -0.25) is 0 Å². The lowest BCUT2D eigenvalue weighted by molar-refractivity contribution is 0.463. The Labute approximate surface area is 93.9 Å². The number of hydrogen-bond acceptors (Lipinski definition) is 3. The van der Waals surface area contributed by atoms with Crippen molar-refractivity contribution in [3.8, 4) is 0 Å². The molecule has 0 bridgehead atoms. The number of nitrogens with one attached hydrogen (secondary N) is 1. The van der Waals surface area contributed by atoms with Gasteiger partial charge in [-0.25, -0.2) is 0 Å². The van der Waals surface area contributed by atoms with E-state index >= 15 is 0 Å². The van der Waals surface area contributed by atoms with E-state index in [9.17, 15) is 0 Å². The van der Waals surface area contributed by atoms with Gasteiger partial charge in [0.05, 0.1) is 6.54 Å². The van der Waals surface area contributed by atoms with E-state index < -0.39 is 0 Å². The maximum atomic E-state index is 5.46. The first-order valence-electron chi connectivity index (χ1n) is 5.12. The molecule has 80 valence electrons. The summed E-state index contributed by atoms with van der Waals surface area (Å²) in [5.41, 5.74) is 1.41. The van der Waals surface area contributed by atoms with E-state index in [1.165, 1.54) is 5.56 Å². The first kappa shape index (κ1) is 10.5. The minimum atomic E-state index is 0.817. The number of thiophene rings is 1. The van der Waals surface area contributed by atoms with Crippen molar-refractivity contribution in [3.05, 3.63) is 46.0 Å². The molecule has 0 saturated carbocycles. The van der Waals surface area contributed by atoms with Crippen molar-refractivity contribution in [1.29, 1.82) is 0 Å². The average molecular weight is 221 g/mol. The predicted octanol–water partition coefficient (Wildman–Crippen LogP) is 2.98. The zero-order valence-electron chi connectivity index (χ0n) is 8.82. The van der Waals surface area contributed by atoms with E-state index in [1.54, 1.807) is 11.3 Å². The van der Waals surface area contributed by atoms with Crippen LogP contribution < -0.4 is 5.32 Å². The van der Waals surface area contributed by atoms with Crippen molar-refractivity contribution in [1.82, 2.24) is 5.32 Å². The maximum Gasteiger partial charge on any atom is 0.117 e. The van der Waals surface area contributed by atoms with Gasteiger partial charge in [0.25, 0.3) is 0 Å². The molecule has 0 unspecified atom stereocenters. The van der Waals surface area contributed by atoms with Gasteiger partial charge in [0.15, 0.2) is 0 Å². The molecule has 0 spiro atoms. The Hall–Kier alpha value is -1.06. The highest BCUT2D eigenvalue weighted by atomic mass is 32.1. The molecule has 2 aromatic rings. The molecule has 15 heavy (non-hydrogen) atoms. The summed E-state index contributed by atoms with van der Waals surface area (Å²) in [4.78, 5) is 0. The summed E-state index contributed by atoms with van der Waals surface area (Å²) in [6, 6.07) is 6.19. The monoisotopic (exact) mass is 221 g/mol. The summed E-state index contributed by atoms with van der Waals surface area (Å²) in [6.45, 7) is 3.78. The second kappa shape index (κ2) is 5.14. The lowest BCUT2D eigenvalue weighted by Gasteiger charge is -2.00. The van der Waals surface area contributed by atoms with Crippen LogP contribution in [0.3, 0.4) is 0 Å². The van der Waals surface area contributed by atoms with Crippen LogP contribution in [0.1, 0.15) is 17.1 Å². The summed E-state index contributed by atoms with van der Waals surface area (Å²) < 4.78 is 5.46. The Morgan fingerprint density at radius 2 is 2.27 bits per heavy atom. The standard InChI is InChI=1S/C12H15NOS/c1-10-2-3-12(14-10)8-13-6-4-11-5-7-15-9-11/h2-3,5,7,9,13H,4,6,8H2,1H3. The van der Waals surface area contributed by atoms with Crippen LogP contribution >= 0.6 is 11.3 Å². The zero-order valence-corrected chi connectivity index (χ0v) is 9.64. The average Bonchev–Trinajstić information content (AvgIpc) is 2.84. The molecule has 0 radical (unpaired) electrons. The molecule has 2 aromatic heterocycles. The Balaban J connectivity index is 1.67. The number of hydrogen-bond donors (Lipinski definition) is 1. The van der Waals surface area contributed by atoms with Gasteiger partial charge >= 0.3 is 0 Å². The third-order valence-electron chi connectivity index (χ3n) is 2.27. The van der Waals surface area contributed by atoms with Crippen LogP contribution in [0.4, 0.5) is 0 Å². The molecule has 0 aliphatic rings. The highest BCUT2D eigenvalue weighted by Crippen LogP contribution is 2.07. The zero-order chi connectivity index (χ0) is 10.5. The third kappa shape index (κ3) is 3.22. The largest absolute Gasteiger partial charge is 0.465 e. The van der Waals surface area contributed by atoms with Crippen LogP contribution in [0.15, 0.2) is 33.4 Å². The Morgan fingerprint density at radius 1 is 1.33 bits per heavy atom. The summed E-state index contributed by atoms with van der Waals surface area (Å²) in [7, 11) is 0. The molecule has 0 fully saturated rings. The summed E-state index contributed by atoms with van der Waals surface area (Å²) in [6.07, 6.45) is 1.09. The second-order valence-corrected chi connectivity index (χ2v) is 4.35. The van der Waals surface area contributed by atoms with Crippen molar-refractivity contribution in [2.75, 3.05) is 6.54 Å². The van der Waals surface area contributed by atoms with Crippen LogP contribution in [-0.2, 0) is 13.0 Å². The van der Waals surface area contributed by atoms with E-state index in [0.29, 0.717) is 0 Å². The van der Waals surface area contributed by atoms with Crippen LogP contribution in [0, 0.1) is 6.92 Å². The molecule has 0 saturated heterocycles. The molecule has 3 heteroatoms. The van der Waals surface area contributed by atoms with Gasteiger partial charge < -0.3 is 9.73 Å². The fraction of sp³-hybridized carbons (Fsp3) is 0.333. The summed E-state index contributed by atoms with van der Waals surface area (Å²) in [5.74, 6) is 1.99. The van der Waals surface area contributed by atoms with E-state index in [-0.39, 0.29) is 0 Å². The molecule has 0 atom stereocenters. The molecule has 2 heterocycles. The SMILES string of the molecule is Cc1ccc(CNCCc2ccsc2)o1. The minimum Gasteiger partial charge on any atom is -0.465 e. The topological polar surface area (TPSA) is 25.2 Å². The molecule has 0 amide bonds. The maximum absolute atomic E-state index is 5.46. The number of rotatable bonds is 5. The van der Waals surface area contributed by atoms with Crippen molar-refractivity contribution < 1.29 is 4.42 Å². The van der Waals surface area contributed by atoms with Gasteiger partial charge in [-0.15, -0.1) is 0 Å². The quantitative estimate of drug-likeness (QED) is 0.785. The van der Waals surface area contributed by atoms with Crippen LogP contribution in [0.2, 0.25) is 0 Å². The van der Waals surface area contributed by atoms with Gasteiger partial charge in [-0.05, 0) is 54.4 Å². The molecule has 0 aliphatic heterocycles. The minimum absolute atomic E-state index is 0.817. The van der Waals surface area contributed by atoms with E-state index in [0.717, 1.165) is 31.0 Å². The van der Waals surface area contributed by atoms with Gasteiger partial charge in [0, 0.05) is 0 Å². The van der Waals surface area contributed by atoms with E-state index in [4.69, 9.17) is 4.42 Å². The second-order valence-electron chi connectivity index (χ2n) is 3.57. The summed E-state index contributed by atoms with van der Waals surface area (Å²) in [5, 5.41) is 7.67. The smallest absolute Gasteiger partial charge is 0.117 e. The highest BCUT2D eigenvalue weighted by Gasteiger charge is 1.97. The van der Waals surface area contributed by atoms with Gasteiger partial charge in [0.2, 0.25) is 0 Å². The lowest BCUT2D eigenvalue weighted by Crippen LogP contribution is -2.15. The van der Waals surface area contributed by atoms with Crippen LogP contribution in [0.5, 0.6) is 0 Å². The Bertz CT molecular complexity index is 391. The molecule has 0 aliphatic carbocycles. The number of aryl methyl sites for hydroxylation is 1. The molecule has 0 aromatic carbocycles. The van der Waals surface area contributed by atoms with Crippen molar-refractivity contribution >= 4 is 11.3 Å². The summed E-state index contributed by atoms with van der Waals surface area (Å²) >= 11 is 1.75. The lowest BCUT2D eigenvalue weighted by atomic mass is 10.2. The molecule has 1 N–H and O–H groups in total. The van der Waals surface area contributed by atoms with Crippen molar-refractivity contribution in [2.24, 2.45) is 0 Å². The first-order chi connectivity index (χ1) is 7.34.